The van der Waals surface area contributed by atoms with Gasteiger partial charge in [-0.1, -0.05) is 36.4 Å². The van der Waals surface area contributed by atoms with E-state index in [1.165, 1.54) is 30.3 Å². The highest BCUT2D eigenvalue weighted by molar-refractivity contribution is 7.92. The third-order valence-corrected chi connectivity index (χ3v) is 5.30. The molecule has 1 N–H and O–H groups in total. The molecule has 4 aromatic rings. The first-order valence-electron chi connectivity index (χ1n) is 7.57. The molecule has 0 aliphatic rings. The Morgan fingerprint density at radius 2 is 1.60 bits per heavy atom. The first-order chi connectivity index (χ1) is 12.0. The maximum absolute atomic E-state index is 12.8. The van der Waals surface area contributed by atoms with E-state index >= 15 is 0 Å². The number of anilines is 1. The first kappa shape index (κ1) is 15.4. The summed E-state index contributed by atoms with van der Waals surface area (Å²) in [5.74, 6) is 0. The molecule has 3 aromatic carbocycles. The van der Waals surface area contributed by atoms with Gasteiger partial charge >= 0.3 is 5.63 Å². The van der Waals surface area contributed by atoms with Crippen LogP contribution in [0.5, 0.6) is 0 Å². The molecule has 0 saturated carbocycles. The summed E-state index contributed by atoms with van der Waals surface area (Å²) in [7, 11) is -3.78. The van der Waals surface area contributed by atoms with Gasteiger partial charge in [0.2, 0.25) is 0 Å². The van der Waals surface area contributed by atoms with E-state index in [1.807, 2.05) is 30.3 Å². The predicted octanol–water partition coefficient (Wildman–Crippen LogP) is 3.75. The smallest absolute Gasteiger partial charge is 0.336 e. The van der Waals surface area contributed by atoms with Gasteiger partial charge in [0.15, 0.2) is 0 Å². The van der Waals surface area contributed by atoms with Crippen molar-refractivity contribution < 1.29 is 12.8 Å². The normalized spacial score (nSPS) is 11.7. The maximum atomic E-state index is 12.8. The number of rotatable bonds is 3. The fraction of sp³-hybridized carbons (Fsp3) is 0. The SMILES string of the molecule is O=c1ccc2cc(S(=O)(=O)Nc3cccc4ccccc34)ccc2o1. The summed E-state index contributed by atoms with van der Waals surface area (Å²) >= 11 is 0. The number of nitrogens with one attached hydrogen (secondary N) is 1. The molecular formula is C19H13NO4S. The van der Waals surface area contributed by atoms with Gasteiger partial charge in [-0.15, -0.1) is 0 Å². The molecule has 1 heterocycles. The Bertz CT molecular complexity index is 1250. The molecule has 0 bridgehead atoms. The van der Waals surface area contributed by atoms with Gasteiger partial charge in [-0.2, -0.15) is 0 Å². The van der Waals surface area contributed by atoms with Crippen molar-refractivity contribution in [2.24, 2.45) is 0 Å². The van der Waals surface area contributed by atoms with E-state index in [2.05, 4.69) is 4.72 Å². The van der Waals surface area contributed by atoms with E-state index in [0.29, 0.717) is 16.7 Å². The standard InChI is InChI=1S/C19H13NO4S/c21-19-11-8-14-12-15(9-10-18(14)24-19)25(22,23)20-17-7-3-5-13-4-1-2-6-16(13)17/h1-12,20H. The molecule has 0 saturated heterocycles. The van der Waals surface area contributed by atoms with Crippen LogP contribution in [0, 0.1) is 0 Å². The van der Waals surface area contributed by atoms with Gasteiger partial charge in [-0.05, 0) is 35.7 Å². The van der Waals surface area contributed by atoms with Crippen molar-refractivity contribution in [3.8, 4) is 0 Å². The summed E-state index contributed by atoms with van der Waals surface area (Å²) in [4.78, 5) is 11.3. The van der Waals surface area contributed by atoms with Crippen molar-refractivity contribution in [3.05, 3.63) is 83.2 Å². The summed E-state index contributed by atoms with van der Waals surface area (Å²) in [6, 6.07) is 20.2. The van der Waals surface area contributed by atoms with E-state index < -0.39 is 15.6 Å². The van der Waals surface area contributed by atoms with Gasteiger partial charge in [0.25, 0.3) is 10.0 Å². The van der Waals surface area contributed by atoms with Crippen LogP contribution in [-0.4, -0.2) is 8.42 Å². The third kappa shape index (κ3) is 2.88. The second kappa shape index (κ2) is 5.75. The maximum Gasteiger partial charge on any atom is 0.336 e. The van der Waals surface area contributed by atoms with Crippen LogP contribution in [0.15, 0.2) is 86.9 Å². The Balaban J connectivity index is 1.79. The van der Waals surface area contributed by atoms with Crippen molar-refractivity contribution in [1.82, 2.24) is 0 Å². The highest BCUT2D eigenvalue weighted by Gasteiger charge is 2.16. The Kier molecular flexibility index (Phi) is 3.54. The molecule has 0 aliphatic carbocycles. The van der Waals surface area contributed by atoms with Crippen molar-refractivity contribution in [2.45, 2.75) is 4.90 Å². The Labute approximate surface area is 143 Å². The number of hydrogen-bond acceptors (Lipinski definition) is 4. The van der Waals surface area contributed by atoms with Crippen LogP contribution in [-0.2, 0) is 10.0 Å². The van der Waals surface area contributed by atoms with Gasteiger partial charge in [0, 0.05) is 16.8 Å². The van der Waals surface area contributed by atoms with Crippen LogP contribution in [0.3, 0.4) is 0 Å². The lowest BCUT2D eigenvalue weighted by molar-refractivity contribution is 0.560. The minimum absolute atomic E-state index is 0.0989. The molecule has 0 radical (unpaired) electrons. The molecule has 0 atom stereocenters. The summed E-state index contributed by atoms with van der Waals surface area (Å²) in [6.07, 6.45) is 0. The van der Waals surface area contributed by atoms with Crippen LogP contribution in [0.4, 0.5) is 5.69 Å². The summed E-state index contributed by atoms with van der Waals surface area (Å²) in [5, 5.41) is 2.31. The molecular weight excluding hydrogens is 338 g/mol. The Morgan fingerprint density at radius 1 is 0.800 bits per heavy atom. The fourth-order valence-corrected chi connectivity index (χ4v) is 3.85. The molecule has 0 fully saturated rings. The highest BCUT2D eigenvalue weighted by atomic mass is 32.2. The minimum atomic E-state index is -3.78. The van der Waals surface area contributed by atoms with E-state index in [0.717, 1.165) is 10.8 Å². The van der Waals surface area contributed by atoms with E-state index in [9.17, 15) is 13.2 Å². The Morgan fingerprint density at radius 3 is 2.48 bits per heavy atom. The summed E-state index contributed by atoms with van der Waals surface area (Å²) in [5.41, 5.74) is 0.381. The number of benzene rings is 3. The highest BCUT2D eigenvalue weighted by Crippen LogP contribution is 2.26. The lowest BCUT2D eigenvalue weighted by Gasteiger charge is -2.11. The molecule has 0 aliphatic heterocycles. The molecule has 124 valence electrons. The second-order valence-electron chi connectivity index (χ2n) is 5.59. The van der Waals surface area contributed by atoms with Crippen LogP contribution in [0.25, 0.3) is 21.7 Å². The number of fused-ring (bicyclic) bond motifs is 2. The average molecular weight is 351 g/mol. The topological polar surface area (TPSA) is 76.4 Å². The molecule has 4 rings (SSSR count). The largest absolute Gasteiger partial charge is 0.423 e. The summed E-state index contributed by atoms with van der Waals surface area (Å²) < 4.78 is 33.2. The number of sulfonamides is 1. The first-order valence-corrected chi connectivity index (χ1v) is 9.06. The van der Waals surface area contributed by atoms with Crippen molar-refractivity contribution in [3.63, 3.8) is 0 Å². The van der Waals surface area contributed by atoms with Gasteiger partial charge in [-0.25, -0.2) is 13.2 Å². The number of hydrogen-bond donors (Lipinski definition) is 1. The van der Waals surface area contributed by atoms with Crippen LogP contribution in [0.2, 0.25) is 0 Å². The molecule has 0 amide bonds. The van der Waals surface area contributed by atoms with Gasteiger partial charge in [0.05, 0.1) is 10.6 Å². The fourth-order valence-electron chi connectivity index (χ4n) is 2.74. The third-order valence-electron chi connectivity index (χ3n) is 3.94. The van der Waals surface area contributed by atoms with Crippen molar-refractivity contribution >= 4 is 37.5 Å². The quantitative estimate of drug-likeness (QED) is 0.570. The molecule has 1 aromatic heterocycles. The van der Waals surface area contributed by atoms with Crippen LogP contribution >= 0.6 is 0 Å². The molecule has 6 heteroatoms. The van der Waals surface area contributed by atoms with E-state index in [1.54, 1.807) is 12.1 Å². The molecule has 25 heavy (non-hydrogen) atoms. The van der Waals surface area contributed by atoms with Gasteiger partial charge in [-0.3, -0.25) is 4.72 Å². The van der Waals surface area contributed by atoms with Crippen LogP contribution in [0.1, 0.15) is 0 Å². The van der Waals surface area contributed by atoms with E-state index in [-0.39, 0.29) is 4.90 Å². The van der Waals surface area contributed by atoms with Crippen molar-refractivity contribution in [1.29, 1.82) is 0 Å². The molecule has 5 nitrogen and oxygen atoms in total. The predicted molar refractivity (Wildman–Crippen MR) is 97.2 cm³/mol. The van der Waals surface area contributed by atoms with Crippen molar-refractivity contribution in [2.75, 3.05) is 4.72 Å². The molecule has 0 spiro atoms. The van der Waals surface area contributed by atoms with Crippen LogP contribution < -0.4 is 10.3 Å². The van der Waals surface area contributed by atoms with Gasteiger partial charge in [0.1, 0.15) is 5.58 Å². The minimum Gasteiger partial charge on any atom is -0.423 e. The zero-order chi connectivity index (χ0) is 17.4. The monoisotopic (exact) mass is 351 g/mol. The lowest BCUT2D eigenvalue weighted by atomic mass is 10.1. The zero-order valence-electron chi connectivity index (χ0n) is 13.0. The lowest BCUT2D eigenvalue weighted by Crippen LogP contribution is -2.13. The summed E-state index contributed by atoms with van der Waals surface area (Å²) in [6.45, 7) is 0. The zero-order valence-corrected chi connectivity index (χ0v) is 13.8. The molecule has 0 unspecified atom stereocenters. The second-order valence-corrected chi connectivity index (χ2v) is 7.27. The Hall–Kier alpha value is -3.12. The van der Waals surface area contributed by atoms with E-state index in [4.69, 9.17) is 4.42 Å². The van der Waals surface area contributed by atoms with Gasteiger partial charge < -0.3 is 4.42 Å². The average Bonchev–Trinajstić information content (AvgIpc) is 2.61.